The van der Waals surface area contributed by atoms with Crippen molar-refractivity contribution in [2.24, 2.45) is 0 Å². The molecule has 0 unspecified atom stereocenters. The second-order valence-electron chi connectivity index (χ2n) is 10.9. The minimum absolute atomic E-state index is 0.497. The van der Waals surface area contributed by atoms with E-state index in [2.05, 4.69) is 59.5 Å². The molecule has 4 heterocycles. The minimum atomic E-state index is 0.497. The van der Waals surface area contributed by atoms with Gasteiger partial charge in [0.25, 0.3) is 0 Å². The molecule has 0 spiro atoms. The molecule has 0 amide bonds. The van der Waals surface area contributed by atoms with E-state index in [0.717, 1.165) is 124 Å². The molecule has 0 aliphatic carbocycles. The summed E-state index contributed by atoms with van der Waals surface area (Å²) in [5, 5.41) is 6.94. The van der Waals surface area contributed by atoms with Crippen molar-refractivity contribution in [3.05, 3.63) is 41.5 Å². The van der Waals surface area contributed by atoms with E-state index in [9.17, 15) is 0 Å². The van der Waals surface area contributed by atoms with Crippen molar-refractivity contribution in [3.8, 4) is 0 Å². The zero-order valence-corrected chi connectivity index (χ0v) is 23.9. The molecular formula is C29H47N9O2. The summed E-state index contributed by atoms with van der Waals surface area (Å²) in [6.07, 6.45) is 1.16. The molecule has 1 aromatic carbocycles. The third-order valence-electron chi connectivity index (χ3n) is 8.00. The molecule has 3 aliphatic rings. The summed E-state index contributed by atoms with van der Waals surface area (Å²) in [6.45, 7) is 17.6. The largest absolute Gasteiger partial charge is 0.383 e. The van der Waals surface area contributed by atoms with Gasteiger partial charge in [-0.2, -0.15) is 9.97 Å². The topological polar surface area (TPSA) is 107 Å². The predicted molar refractivity (Wildman–Crippen MR) is 160 cm³/mol. The lowest BCUT2D eigenvalue weighted by Gasteiger charge is -2.37. The maximum Gasteiger partial charge on any atom is 0.226 e. The third-order valence-corrected chi connectivity index (χ3v) is 8.00. The molecule has 0 saturated carbocycles. The Kier molecular flexibility index (Phi) is 11.2. The summed E-state index contributed by atoms with van der Waals surface area (Å²) in [7, 11) is 0. The summed E-state index contributed by atoms with van der Waals surface area (Å²) >= 11 is 0. The fourth-order valence-corrected chi connectivity index (χ4v) is 5.44. The second-order valence-corrected chi connectivity index (χ2v) is 10.9. The smallest absolute Gasteiger partial charge is 0.226 e. The summed E-state index contributed by atoms with van der Waals surface area (Å²) in [4.78, 5) is 19.1. The lowest BCUT2D eigenvalue weighted by molar-refractivity contribution is 0.0331. The first kappa shape index (κ1) is 29.0. The monoisotopic (exact) mass is 553 g/mol. The number of nitrogen functional groups attached to an aromatic ring is 1. The quantitative estimate of drug-likeness (QED) is 0.309. The highest BCUT2D eigenvalue weighted by molar-refractivity contribution is 5.52. The summed E-state index contributed by atoms with van der Waals surface area (Å²) in [5.41, 5.74) is 8.65. The van der Waals surface area contributed by atoms with Crippen molar-refractivity contribution in [2.45, 2.75) is 19.5 Å². The van der Waals surface area contributed by atoms with Gasteiger partial charge in [0.05, 0.1) is 26.4 Å². The first-order valence-corrected chi connectivity index (χ1v) is 15.0. The van der Waals surface area contributed by atoms with Gasteiger partial charge in [-0.3, -0.25) is 14.7 Å². The van der Waals surface area contributed by atoms with Crippen LogP contribution in [0.3, 0.4) is 0 Å². The normalized spacial score (nSPS) is 19.6. The molecule has 0 radical (unpaired) electrons. The summed E-state index contributed by atoms with van der Waals surface area (Å²) < 4.78 is 10.9. The SMILES string of the molecule is Nc1cc(N2CCN(CCN3CCOCC3)CC2)nc(NCc2ccc(CNCCCN3CCOCC3)cc2)n1. The molecule has 0 atom stereocenters. The number of benzene rings is 1. The number of aromatic nitrogens is 2. The number of hydrogen-bond acceptors (Lipinski definition) is 11. The highest BCUT2D eigenvalue weighted by Gasteiger charge is 2.20. The zero-order chi connectivity index (χ0) is 27.4. The summed E-state index contributed by atoms with van der Waals surface area (Å²) in [5.74, 6) is 1.98. The first-order chi connectivity index (χ1) is 19.7. The molecule has 3 fully saturated rings. The van der Waals surface area contributed by atoms with Crippen molar-refractivity contribution in [1.29, 1.82) is 0 Å². The fraction of sp³-hybridized carbons (Fsp3) is 0.655. The van der Waals surface area contributed by atoms with E-state index in [1.54, 1.807) is 0 Å². The van der Waals surface area contributed by atoms with Gasteiger partial charge in [-0.15, -0.1) is 0 Å². The van der Waals surface area contributed by atoms with Gasteiger partial charge in [-0.25, -0.2) is 0 Å². The van der Waals surface area contributed by atoms with Crippen LogP contribution in [-0.2, 0) is 22.6 Å². The number of nitrogens with one attached hydrogen (secondary N) is 2. The Morgan fingerprint density at radius 1 is 0.700 bits per heavy atom. The molecule has 5 rings (SSSR count). The molecule has 11 nitrogen and oxygen atoms in total. The van der Waals surface area contributed by atoms with Gasteiger partial charge >= 0.3 is 0 Å². The van der Waals surface area contributed by atoms with Gasteiger partial charge in [-0.05, 0) is 30.6 Å². The molecule has 0 bridgehead atoms. The highest BCUT2D eigenvalue weighted by Crippen LogP contribution is 2.19. The van der Waals surface area contributed by atoms with Crippen LogP contribution in [0.2, 0.25) is 0 Å². The van der Waals surface area contributed by atoms with E-state index in [1.807, 2.05) is 6.07 Å². The van der Waals surface area contributed by atoms with Crippen molar-refractivity contribution in [1.82, 2.24) is 30.0 Å². The van der Waals surface area contributed by atoms with Crippen LogP contribution in [0.4, 0.5) is 17.6 Å². The summed E-state index contributed by atoms with van der Waals surface area (Å²) in [6, 6.07) is 10.6. The van der Waals surface area contributed by atoms with Crippen molar-refractivity contribution >= 4 is 17.6 Å². The number of nitrogens with zero attached hydrogens (tertiary/aromatic N) is 6. The van der Waals surface area contributed by atoms with Crippen LogP contribution in [0.1, 0.15) is 17.5 Å². The second kappa shape index (κ2) is 15.5. The van der Waals surface area contributed by atoms with Gasteiger partial charge in [-0.1, -0.05) is 24.3 Å². The molecule has 1 aromatic heterocycles. The van der Waals surface area contributed by atoms with Gasteiger partial charge in [0, 0.05) is 84.6 Å². The van der Waals surface area contributed by atoms with Crippen LogP contribution in [0.25, 0.3) is 0 Å². The van der Waals surface area contributed by atoms with E-state index in [1.165, 1.54) is 11.1 Å². The average molecular weight is 554 g/mol. The Morgan fingerprint density at radius 2 is 1.27 bits per heavy atom. The Bertz CT molecular complexity index is 1010. The molecule has 4 N–H and O–H groups in total. The van der Waals surface area contributed by atoms with Gasteiger partial charge < -0.3 is 30.7 Å². The van der Waals surface area contributed by atoms with Crippen LogP contribution >= 0.6 is 0 Å². The van der Waals surface area contributed by atoms with Crippen molar-refractivity contribution < 1.29 is 9.47 Å². The number of hydrogen-bond donors (Lipinski definition) is 3. The number of piperazine rings is 1. The van der Waals surface area contributed by atoms with Crippen molar-refractivity contribution in [2.75, 3.05) is 121 Å². The Balaban J connectivity index is 1.01. The highest BCUT2D eigenvalue weighted by atomic mass is 16.5. The van der Waals surface area contributed by atoms with Gasteiger partial charge in [0.1, 0.15) is 11.6 Å². The van der Waals surface area contributed by atoms with E-state index in [-0.39, 0.29) is 0 Å². The maximum absolute atomic E-state index is 6.16. The minimum Gasteiger partial charge on any atom is -0.383 e. The Morgan fingerprint density at radius 3 is 1.93 bits per heavy atom. The van der Waals surface area contributed by atoms with Crippen LogP contribution in [-0.4, -0.2) is 130 Å². The van der Waals surface area contributed by atoms with E-state index in [4.69, 9.17) is 20.2 Å². The zero-order valence-electron chi connectivity index (χ0n) is 23.9. The number of nitrogens with two attached hydrogens (primary N) is 1. The number of ether oxygens (including phenoxy) is 2. The van der Waals surface area contributed by atoms with Crippen LogP contribution in [0.5, 0.6) is 0 Å². The van der Waals surface area contributed by atoms with Crippen LogP contribution in [0, 0.1) is 0 Å². The number of rotatable bonds is 13. The molecule has 11 heteroatoms. The lowest BCUT2D eigenvalue weighted by atomic mass is 10.1. The Labute approximate surface area is 239 Å². The average Bonchev–Trinajstić information content (AvgIpc) is 3.00. The lowest BCUT2D eigenvalue weighted by Crippen LogP contribution is -2.49. The molecular weight excluding hydrogens is 506 g/mol. The van der Waals surface area contributed by atoms with Crippen molar-refractivity contribution in [3.63, 3.8) is 0 Å². The van der Waals surface area contributed by atoms with E-state index >= 15 is 0 Å². The van der Waals surface area contributed by atoms with Crippen LogP contribution in [0.15, 0.2) is 30.3 Å². The Hall–Kier alpha value is -2.54. The van der Waals surface area contributed by atoms with Crippen LogP contribution < -0.4 is 21.3 Å². The first-order valence-electron chi connectivity index (χ1n) is 15.0. The fourth-order valence-electron chi connectivity index (χ4n) is 5.44. The third kappa shape index (κ3) is 9.25. The predicted octanol–water partition coefficient (Wildman–Crippen LogP) is 0.937. The van der Waals surface area contributed by atoms with Gasteiger partial charge in [0.15, 0.2) is 0 Å². The molecule has 2 aromatic rings. The standard InChI is InChI=1S/C29H47N9O2/c30-27-22-28(38-12-10-36(11-13-38)8-9-37-16-20-40-21-17-37)34-29(33-27)32-24-26-4-2-25(3-5-26)23-31-6-1-7-35-14-18-39-19-15-35/h2-5,22,31H,1,6-21,23-24H2,(H3,30,32,33,34). The molecule has 3 aliphatic heterocycles. The number of morpholine rings is 2. The molecule has 220 valence electrons. The number of anilines is 3. The van der Waals surface area contributed by atoms with E-state index in [0.29, 0.717) is 18.3 Å². The van der Waals surface area contributed by atoms with E-state index < -0.39 is 0 Å². The maximum atomic E-state index is 6.16. The molecule has 3 saturated heterocycles. The van der Waals surface area contributed by atoms with Gasteiger partial charge in [0.2, 0.25) is 5.95 Å². The molecule has 40 heavy (non-hydrogen) atoms.